The predicted molar refractivity (Wildman–Crippen MR) is 57.2 cm³/mol. The van der Waals surface area contributed by atoms with E-state index in [1.165, 1.54) is 4.57 Å². The zero-order valence-electron chi connectivity index (χ0n) is 7.89. The number of rotatable bonds is 1. The molecule has 1 atom stereocenters. The summed E-state index contributed by atoms with van der Waals surface area (Å²) in [5, 5.41) is 4.85. The fraction of sp³-hybridized carbons (Fsp3) is 0.714. The molecule has 2 N–H and O–H groups in total. The first-order valence-corrected chi connectivity index (χ1v) is 6.82. The molecule has 1 aromatic heterocycles. The van der Waals surface area contributed by atoms with Crippen LogP contribution >= 0.6 is 12.2 Å². The van der Waals surface area contributed by atoms with Gasteiger partial charge in [0.2, 0.25) is 0 Å². The minimum atomic E-state index is -3.03. The molecule has 0 aromatic carbocycles. The Bertz CT molecular complexity index is 537. The normalized spacial score (nSPS) is 25.2. The van der Waals surface area contributed by atoms with E-state index in [9.17, 15) is 13.2 Å². The van der Waals surface area contributed by atoms with Crippen molar-refractivity contribution in [2.45, 2.75) is 18.9 Å². The summed E-state index contributed by atoms with van der Waals surface area (Å²) in [4.78, 5) is 11.4. The average molecular weight is 249 g/mol. The zero-order valence-corrected chi connectivity index (χ0v) is 9.53. The molecule has 84 valence electrons. The fourth-order valence-electron chi connectivity index (χ4n) is 1.85. The summed E-state index contributed by atoms with van der Waals surface area (Å²) >= 11 is 4.91. The number of H-pyrrole nitrogens is 2. The molecule has 2 rings (SSSR count). The van der Waals surface area contributed by atoms with Gasteiger partial charge in [-0.2, -0.15) is 0 Å². The van der Waals surface area contributed by atoms with E-state index in [0.717, 1.165) is 0 Å². The van der Waals surface area contributed by atoms with Crippen LogP contribution in [0, 0.1) is 4.77 Å². The highest BCUT2D eigenvalue weighted by Crippen LogP contribution is 2.21. The smallest absolute Gasteiger partial charge is 0.272 e. The van der Waals surface area contributed by atoms with Crippen molar-refractivity contribution < 1.29 is 8.42 Å². The van der Waals surface area contributed by atoms with Gasteiger partial charge >= 0.3 is 5.69 Å². The summed E-state index contributed by atoms with van der Waals surface area (Å²) in [6.07, 6.45) is 1.26. The van der Waals surface area contributed by atoms with Gasteiger partial charge in [0, 0.05) is 0 Å². The van der Waals surface area contributed by atoms with Crippen molar-refractivity contribution in [2.24, 2.45) is 0 Å². The molecule has 6 nitrogen and oxygen atoms in total. The number of sulfone groups is 1. The highest BCUT2D eigenvalue weighted by atomic mass is 32.2. The maximum absolute atomic E-state index is 11.4. The van der Waals surface area contributed by atoms with E-state index in [0.29, 0.717) is 12.8 Å². The van der Waals surface area contributed by atoms with E-state index in [-0.39, 0.29) is 28.0 Å². The van der Waals surface area contributed by atoms with Crippen molar-refractivity contribution in [3.8, 4) is 0 Å². The van der Waals surface area contributed by atoms with Crippen LogP contribution in [0.15, 0.2) is 4.79 Å². The van der Waals surface area contributed by atoms with Gasteiger partial charge in [-0.15, -0.1) is 0 Å². The summed E-state index contributed by atoms with van der Waals surface area (Å²) in [5.74, 6) is 0.210. The van der Waals surface area contributed by atoms with E-state index < -0.39 is 9.84 Å². The second kappa shape index (κ2) is 3.60. The van der Waals surface area contributed by atoms with Crippen molar-refractivity contribution in [3.05, 3.63) is 15.3 Å². The third-order valence-corrected chi connectivity index (χ3v) is 4.62. The highest BCUT2D eigenvalue weighted by molar-refractivity contribution is 7.91. The molecule has 2 heterocycles. The number of hydrogen-bond acceptors (Lipinski definition) is 4. The number of aromatic nitrogens is 3. The number of nitrogens with zero attached hydrogens (tertiary/aromatic N) is 1. The Labute approximate surface area is 91.2 Å². The summed E-state index contributed by atoms with van der Waals surface area (Å²) in [6.45, 7) is 0. The minimum absolute atomic E-state index is 0.00222. The zero-order chi connectivity index (χ0) is 11.1. The van der Waals surface area contributed by atoms with Gasteiger partial charge in [0.15, 0.2) is 14.6 Å². The summed E-state index contributed by atoms with van der Waals surface area (Å²) in [6, 6.07) is -0.328. The van der Waals surface area contributed by atoms with Gasteiger partial charge in [-0.05, 0) is 25.1 Å². The lowest BCUT2D eigenvalue weighted by Gasteiger charge is -2.21. The van der Waals surface area contributed by atoms with Gasteiger partial charge in [0.05, 0.1) is 17.5 Å². The van der Waals surface area contributed by atoms with Gasteiger partial charge in [0.25, 0.3) is 0 Å². The second-order valence-corrected chi connectivity index (χ2v) is 6.26. The molecule has 1 aliphatic rings. The van der Waals surface area contributed by atoms with Crippen LogP contribution in [0.2, 0.25) is 0 Å². The van der Waals surface area contributed by atoms with Gasteiger partial charge < -0.3 is 0 Å². The van der Waals surface area contributed by atoms with E-state index in [1.807, 2.05) is 0 Å². The molecule has 0 aliphatic carbocycles. The Balaban J connectivity index is 2.41. The molecular weight excluding hydrogens is 238 g/mol. The number of aromatic amines is 2. The van der Waals surface area contributed by atoms with Crippen molar-refractivity contribution >= 4 is 22.1 Å². The average Bonchev–Trinajstić information content (AvgIpc) is 2.44. The second-order valence-electron chi connectivity index (χ2n) is 3.64. The first kappa shape index (κ1) is 10.6. The Kier molecular flexibility index (Phi) is 2.55. The van der Waals surface area contributed by atoms with Crippen molar-refractivity contribution in [2.75, 3.05) is 11.5 Å². The predicted octanol–water partition coefficient (Wildman–Crippen LogP) is -0.0163. The molecule has 0 spiro atoms. The van der Waals surface area contributed by atoms with Crippen LogP contribution in [0.3, 0.4) is 0 Å². The molecule has 1 saturated heterocycles. The molecule has 0 bridgehead atoms. The molecule has 1 unspecified atom stereocenters. The van der Waals surface area contributed by atoms with Gasteiger partial charge in [0.1, 0.15) is 0 Å². The van der Waals surface area contributed by atoms with Crippen molar-refractivity contribution in [1.82, 2.24) is 14.8 Å². The lowest BCUT2D eigenvalue weighted by Crippen LogP contribution is -2.32. The van der Waals surface area contributed by atoms with Crippen LogP contribution in [-0.4, -0.2) is 34.7 Å². The van der Waals surface area contributed by atoms with E-state index in [2.05, 4.69) is 10.2 Å². The summed E-state index contributed by atoms with van der Waals surface area (Å²) in [5.41, 5.74) is -0.373. The maximum atomic E-state index is 11.4. The largest absolute Gasteiger partial charge is 0.342 e. The topological polar surface area (TPSA) is 87.7 Å². The lowest BCUT2D eigenvalue weighted by atomic mass is 10.2. The molecule has 8 heteroatoms. The molecule has 15 heavy (non-hydrogen) atoms. The fourth-order valence-corrected chi connectivity index (χ4v) is 3.81. The number of nitrogens with one attached hydrogen (secondary N) is 2. The monoisotopic (exact) mass is 249 g/mol. The standard InChI is InChI=1S/C7H11N3O3S2/c11-6-8-9-7(14)10(6)5-2-1-3-15(12,13)4-5/h5H,1-4H2,(H,8,11)(H,9,14). The summed E-state index contributed by atoms with van der Waals surface area (Å²) < 4.78 is 24.4. The molecular formula is C7H11N3O3S2. The molecule has 0 radical (unpaired) electrons. The molecule has 1 fully saturated rings. The molecule has 1 aromatic rings. The van der Waals surface area contributed by atoms with Crippen LogP contribution < -0.4 is 5.69 Å². The van der Waals surface area contributed by atoms with E-state index >= 15 is 0 Å². The molecule has 0 saturated carbocycles. The Morgan fingerprint density at radius 3 is 2.67 bits per heavy atom. The molecule has 1 aliphatic heterocycles. The van der Waals surface area contributed by atoms with Gasteiger partial charge in [-0.25, -0.2) is 18.3 Å². The van der Waals surface area contributed by atoms with Crippen LogP contribution in [0.25, 0.3) is 0 Å². The minimum Gasteiger partial charge on any atom is -0.272 e. The quantitative estimate of drug-likeness (QED) is 0.685. The Morgan fingerprint density at radius 2 is 2.13 bits per heavy atom. The first-order valence-electron chi connectivity index (χ1n) is 4.59. The third-order valence-electron chi connectivity index (χ3n) is 2.52. The Hall–Kier alpha value is -0.890. The van der Waals surface area contributed by atoms with Crippen LogP contribution in [-0.2, 0) is 9.84 Å². The van der Waals surface area contributed by atoms with Crippen LogP contribution in [0.4, 0.5) is 0 Å². The van der Waals surface area contributed by atoms with Gasteiger partial charge in [-0.1, -0.05) is 0 Å². The summed E-state index contributed by atoms with van der Waals surface area (Å²) in [7, 11) is -3.03. The third kappa shape index (κ3) is 2.05. The van der Waals surface area contributed by atoms with Crippen LogP contribution in [0.1, 0.15) is 18.9 Å². The van der Waals surface area contributed by atoms with E-state index in [4.69, 9.17) is 12.2 Å². The van der Waals surface area contributed by atoms with Crippen molar-refractivity contribution in [1.29, 1.82) is 0 Å². The van der Waals surface area contributed by atoms with Crippen LogP contribution in [0.5, 0.6) is 0 Å². The SMILES string of the molecule is O=c1[nH][nH]c(=S)n1C1CCCS(=O)(=O)C1. The molecule has 0 amide bonds. The maximum Gasteiger partial charge on any atom is 0.342 e. The first-order chi connectivity index (χ1) is 6.99. The Morgan fingerprint density at radius 1 is 1.40 bits per heavy atom. The lowest BCUT2D eigenvalue weighted by molar-refractivity contribution is 0.457. The van der Waals surface area contributed by atoms with E-state index in [1.54, 1.807) is 0 Å². The van der Waals surface area contributed by atoms with Crippen molar-refractivity contribution in [3.63, 3.8) is 0 Å². The van der Waals surface area contributed by atoms with Gasteiger partial charge in [-0.3, -0.25) is 9.67 Å². The number of hydrogen-bond donors (Lipinski definition) is 2. The highest BCUT2D eigenvalue weighted by Gasteiger charge is 2.27.